The Hall–Kier alpha value is -2.43. The first-order valence-electron chi connectivity index (χ1n) is 8.67. The molecule has 30 heavy (non-hydrogen) atoms. The zero-order chi connectivity index (χ0) is 22.7. The predicted octanol–water partition coefficient (Wildman–Crippen LogP) is 2.31. The number of nitro benzene ring substituents is 1. The van der Waals surface area contributed by atoms with Crippen molar-refractivity contribution in [3.63, 3.8) is 0 Å². The Labute approximate surface area is 183 Å². The molecular formula is C19H22Cl2N2O7. The number of ether oxygens (including phenoxy) is 1. The SMILES string of the molecule is CC(O)Oc1ccccc1.O=C(NC(CO)C(O)c1ccc([N+](=O)[O-])cc1)C(Cl)Cl. The summed E-state index contributed by atoms with van der Waals surface area (Å²) in [5, 5.41) is 40.7. The number of aliphatic hydroxyl groups is 3. The minimum absolute atomic E-state index is 0.132. The van der Waals surface area contributed by atoms with Crippen LogP contribution in [0.3, 0.4) is 0 Å². The van der Waals surface area contributed by atoms with Crippen LogP contribution in [0.5, 0.6) is 5.75 Å². The second kappa shape index (κ2) is 13.0. The van der Waals surface area contributed by atoms with Gasteiger partial charge in [-0.25, -0.2) is 0 Å². The summed E-state index contributed by atoms with van der Waals surface area (Å²) >= 11 is 10.7. The van der Waals surface area contributed by atoms with Crippen LogP contribution in [0, 0.1) is 10.1 Å². The van der Waals surface area contributed by atoms with Gasteiger partial charge >= 0.3 is 0 Å². The topological polar surface area (TPSA) is 142 Å². The number of benzene rings is 2. The first-order valence-corrected chi connectivity index (χ1v) is 9.54. The molecule has 2 aromatic carbocycles. The summed E-state index contributed by atoms with van der Waals surface area (Å²) < 4.78 is 4.97. The van der Waals surface area contributed by atoms with Crippen LogP contribution in [0.1, 0.15) is 18.6 Å². The van der Waals surface area contributed by atoms with Gasteiger partial charge < -0.3 is 25.4 Å². The van der Waals surface area contributed by atoms with Crippen LogP contribution in [0.15, 0.2) is 54.6 Å². The third kappa shape index (κ3) is 8.93. The number of rotatable bonds is 8. The van der Waals surface area contributed by atoms with Gasteiger partial charge in [-0.05, 0) is 36.8 Å². The van der Waals surface area contributed by atoms with Gasteiger partial charge in [-0.2, -0.15) is 0 Å². The third-order valence-corrected chi connectivity index (χ3v) is 4.00. The molecule has 3 unspecified atom stereocenters. The monoisotopic (exact) mass is 460 g/mol. The number of para-hydroxylation sites is 1. The smallest absolute Gasteiger partial charge is 0.269 e. The lowest BCUT2D eigenvalue weighted by molar-refractivity contribution is -0.384. The summed E-state index contributed by atoms with van der Waals surface area (Å²) in [4.78, 5) is 19.9. The van der Waals surface area contributed by atoms with Crippen molar-refractivity contribution < 1.29 is 29.8 Å². The lowest BCUT2D eigenvalue weighted by Crippen LogP contribution is -2.44. The van der Waals surface area contributed by atoms with Crippen molar-refractivity contribution in [2.45, 2.75) is 30.2 Å². The van der Waals surface area contributed by atoms with E-state index in [1.165, 1.54) is 24.3 Å². The van der Waals surface area contributed by atoms with E-state index in [0.717, 1.165) is 0 Å². The maximum atomic E-state index is 11.3. The fourth-order valence-electron chi connectivity index (χ4n) is 2.19. The molecule has 2 aromatic rings. The van der Waals surface area contributed by atoms with Gasteiger partial charge in [0.2, 0.25) is 0 Å². The minimum atomic E-state index is -1.33. The van der Waals surface area contributed by atoms with Crippen LogP contribution in [-0.4, -0.2) is 49.9 Å². The Kier molecular flexibility index (Phi) is 11.1. The van der Waals surface area contributed by atoms with Crippen molar-refractivity contribution in [1.29, 1.82) is 0 Å². The Morgan fingerprint density at radius 1 is 1.13 bits per heavy atom. The molecule has 0 bridgehead atoms. The molecule has 3 atom stereocenters. The van der Waals surface area contributed by atoms with Crippen molar-refractivity contribution >= 4 is 34.8 Å². The molecule has 4 N–H and O–H groups in total. The number of carbonyl (C=O) groups excluding carboxylic acids is 1. The lowest BCUT2D eigenvalue weighted by atomic mass is 10.0. The molecule has 0 aliphatic rings. The van der Waals surface area contributed by atoms with Crippen LogP contribution >= 0.6 is 23.2 Å². The number of hydrogen-bond donors (Lipinski definition) is 4. The number of nitrogens with zero attached hydrogens (tertiary/aromatic N) is 1. The van der Waals surface area contributed by atoms with Gasteiger partial charge in [0.15, 0.2) is 11.1 Å². The summed E-state index contributed by atoms with van der Waals surface area (Å²) in [5.41, 5.74) is 0.169. The van der Waals surface area contributed by atoms with E-state index in [1.54, 1.807) is 19.1 Å². The van der Waals surface area contributed by atoms with E-state index in [4.69, 9.17) is 38.2 Å². The van der Waals surface area contributed by atoms with E-state index in [0.29, 0.717) is 11.3 Å². The van der Waals surface area contributed by atoms with Gasteiger partial charge in [0.1, 0.15) is 11.9 Å². The molecule has 0 aliphatic heterocycles. The molecule has 0 saturated heterocycles. The summed E-state index contributed by atoms with van der Waals surface area (Å²) in [6.45, 7) is 1.03. The summed E-state index contributed by atoms with van der Waals surface area (Å²) in [6.07, 6.45) is -1.99. The number of non-ortho nitro benzene ring substituents is 1. The highest BCUT2D eigenvalue weighted by Crippen LogP contribution is 2.20. The molecule has 11 heteroatoms. The van der Waals surface area contributed by atoms with E-state index in [1.807, 2.05) is 18.2 Å². The Balaban J connectivity index is 0.000000375. The first kappa shape index (κ1) is 25.6. The zero-order valence-electron chi connectivity index (χ0n) is 15.9. The molecule has 0 heterocycles. The highest BCUT2D eigenvalue weighted by Gasteiger charge is 2.24. The van der Waals surface area contributed by atoms with Crippen LogP contribution in [-0.2, 0) is 4.79 Å². The quantitative estimate of drug-likeness (QED) is 0.205. The number of nitrogens with one attached hydrogen (secondary N) is 1. The number of halogens is 2. The van der Waals surface area contributed by atoms with Crippen LogP contribution < -0.4 is 10.1 Å². The minimum Gasteiger partial charge on any atom is -0.465 e. The van der Waals surface area contributed by atoms with E-state index < -0.39 is 40.7 Å². The van der Waals surface area contributed by atoms with Gasteiger partial charge in [-0.3, -0.25) is 14.9 Å². The molecule has 0 saturated carbocycles. The van der Waals surface area contributed by atoms with Crippen molar-refractivity contribution in [1.82, 2.24) is 5.32 Å². The highest BCUT2D eigenvalue weighted by molar-refractivity contribution is 6.53. The molecule has 9 nitrogen and oxygen atoms in total. The fourth-order valence-corrected chi connectivity index (χ4v) is 2.32. The maximum Gasteiger partial charge on any atom is 0.269 e. The summed E-state index contributed by atoms with van der Waals surface area (Å²) in [6, 6.07) is 13.3. The van der Waals surface area contributed by atoms with Crippen molar-refractivity contribution in [3.05, 3.63) is 70.3 Å². The molecule has 164 valence electrons. The standard InChI is InChI=1S/C11H12Cl2N2O5.C8H10O2/c12-10(13)11(18)14-8(5-16)9(17)6-1-3-7(4-2-6)15(19)20;1-7(9)10-8-5-3-2-4-6-8/h1-4,8-10,16-17H,5H2,(H,14,18);2-7,9H,1H3. The van der Waals surface area contributed by atoms with Gasteiger partial charge in [0, 0.05) is 12.1 Å². The summed E-state index contributed by atoms with van der Waals surface area (Å²) in [5.74, 6) is -0.0640. The molecule has 0 spiro atoms. The second-order valence-corrected chi connectivity index (χ2v) is 7.02. The van der Waals surface area contributed by atoms with Gasteiger partial charge in [0.25, 0.3) is 11.6 Å². The molecule has 0 fully saturated rings. The van der Waals surface area contributed by atoms with Crippen molar-refractivity contribution in [3.8, 4) is 5.75 Å². The molecular weight excluding hydrogens is 439 g/mol. The van der Waals surface area contributed by atoms with E-state index in [9.17, 15) is 20.0 Å². The van der Waals surface area contributed by atoms with E-state index in [2.05, 4.69) is 5.32 Å². The normalized spacial score (nSPS) is 13.4. The van der Waals surface area contributed by atoms with Crippen molar-refractivity contribution in [2.75, 3.05) is 6.61 Å². The average Bonchev–Trinajstić information content (AvgIpc) is 2.72. The molecule has 0 aromatic heterocycles. The van der Waals surface area contributed by atoms with Crippen molar-refractivity contribution in [2.24, 2.45) is 0 Å². The average molecular weight is 461 g/mol. The number of amides is 1. The number of alkyl halides is 2. The molecule has 0 aliphatic carbocycles. The fraction of sp³-hybridized carbons (Fsp3) is 0.316. The molecule has 2 rings (SSSR count). The number of nitro groups is 1. The number of carbonyl (C=O) groups is 1. The lowest BCUT2D eigenvalue weighted by Gasteiger charge is -2.22. The van der Waals surface area contributed by atoms with Gasteiger partial charge in [-0.1, -0.05) is 41.4 Å². The maximum absolute atomic E-state index is 11.3. The van der Waals surface area contributed by atoms with Gasteiger partial charge in [-0.15, -0.1) is 0 Å². The largest absolute Gasteiger partial charge is 0.465 e. The van der Waals surface area contributed by atoms with E-state index >= 15 is 0 Å². The first-order chi connectivity index (χ1) is 14.1. The van der Waals surface area contributed by atoms with E-state index in [-0.39, 0.29) is 5.69 Å². The molecule has 1 amide bonds. The highest BCUT2D eigenvalue weighted by atomic mass is 35.5. The Morgan fingerprint density at radius 2 is 1.70 bits per heavy atom. The van der Waals surface area contributed by atoms with Crippen LogP contribution in [0.25, 0.3) is 0 Å². The summed E-state index contributed by atoms with van der Waals surface area (Å²) in [7, 11) is 0. The number of aliphatic hydroxyl groups excluding tert-OH is 3. The third-order valence-electron chi connectivity index (χ3n) is 3.60. The zero-order valence-corrected chi connectivity index (χ0v) is 17.4. The van der Waals surface area contributed by atoms with Crippen LogP contribution in [0.2, 0.25) is 0 Å². The second-order valence-electron chi connectivity index (χ2n) is 5.92. The molecule has 0 radical (unpaired) electrons. The Bertz CT molecular complexity index is 789. The predicted molar refractivity (Wildman–Crippen MR) is 111 cm³/mol. The van der Waals surface area contributed by atoms with Gasteiger partial charge in [0.05, 0.1) is 17.6 Å². The Morgan fingerprint density at radius 3 is 2.13 bits per heavy atom. The number of hydrogen-bond acceptors (Lipinski definition) is 7. The van der Waals surface area contributed by atoms with Crippen LogP contribution in [0.4, 0.5) is 5.69 Å².